The second kappa shape index (κ2) is 12.9. The number of nitrogens with one attached hydrogen (secondary N) is 4. The van der Waals surface area contributed by atoms with Crippen LogP contribution in [0.3, 0.4) is 0 Å². The minimum Gasteiger partial charge on any atom is -0.356 e. The molecule has 4 aliphatic carbocycles. The van der Waals surface area contributed by atoms with Crippen molar-refractivity contribution in [2.75, 3.05) is 32.7 Å². The number of hydrogen-bond acceptors (Lipinski definition) is 5. The highest BCUT2D eigenvalue weighted by Gasteiger charge is 2.59. The van der Waals surface area contributed by atoms with E-state index >= 15 is 0 Å². The number of amides is 1. The summed E-state index contributed by atoms with van der Waals surface area (Å²) in [6.45, 7) is 12.2. The average molecular weight is 504 g/mol. The van der Waals surface area contributed by atoms with Crippen LogP contribution in [0.5, 0.6) is 0 Å². The molecule has 6 nitrogen and oxygen atoms in total. The molecular formula is C30H57N5O. The van der Waals surface area contributed by atoms with Crippen LogP contribution in [0.1, 0.15) is 104 Å². The molecule has 0 aromatic rings. The summed E-state index contributed by atoms with van der Waals surface area (Å²) >= 11 is 0. The fraction of sp³-hybridized carbons (Fsp3) is 0.967. The zero-order valence-corrected chi connectivity index (χ0v) is 23.7. The van der Waals surface area contributed by atoms with Crippen molar-refractivity contribution in [2.45, 2.75) is 110 Å². The summed E-state index contributed by atoms with van der Waals surface area (Å²) in [7, 11) is 0. The number of nitrogens with two attached hydrogens (primary N) is 1. The molecule has 0 aromatic carbocycles. The fourth-order valence-corrected chi connectivity index (χ4v) is 9.58. The predicted octanol–water partition coefficient (Wildman–Crippen LogP) is 4.35. The van der Waals surface area contributed by atoms with Gasteiger partial charge in [0.1, 0.15) is 0 Å². The summed E-state index contributed by atoms with van der Waals surface area (Å²) in [4.78, 5) is 12.1. The lowest BCUT2D eigenvalue weighted by atomic mass is 9.44. The Labute approximate surface area is 221 Å². The van der Waals surface area contributed by atoms with Crippen molar-refractivity contribution < 1.29 is 4.79 Å². The first-order chi connectivity index (χ1) is 17.4. The van der Waals surface area contributed by atoms with Crippen molar-refractivity contribution >= 4 is 5.91 Å². The molecule has 0 spiro atoms. The monoisotopic (exact) mass is 503 g/mol. The van der Waals surface area contributed by atoms with E-state index in [4.69, 9.17) is 5.84 Å². The summed E-state index contributed by atoms with van der Waals surface area (Å²) in [6.07, 6.45) is 16.8. The van der Waals surface area contributed by atoms with E-state index in [1.54, 1.807) is 0 Å². The van der Waals surface area contributed by atoms with Crippen molar-refractivity contribution in [2.24, 2.45) is 46.3 Å². The maximum absolute atomic E-state index is 12.1. The highest BCUT2D eigenvalue weighted by molar-refractivity contribution is 5.75. The minimum atomic E-state index is 0.257. The van der Waals surface area contributed by atoms with Gasteiger partial charge in [-0.3, -0.25) is 16.1 Å². The molecule has 4 fully saturated rings. The third kappa shape index (κ3) is 6.13. The third-order valence-electron chi connectivity index (χ3n) is 11.6. The van der Waals surface area contributed by atoms with Crippen LogP contribution >= 0.6 is 0 Å². The molecule has 4 saturated carbocycles. The Kier molecular flexibility index (Phi) is 10.2. The molecule has 4 rings (SSSR count). The first kappa shape index (κ1) is 28.3. The first-order valence-electron chi connectivity index (χ1n) is 15.6. The first-order valence-corrected chi connectivity index (χ1v) is 15.6. The van der Waals surface area contributed by atoms with Crippen molar-refractivity contribution in [3.8, 4) is 0 Å². The van der Waals surface area contributed by atoms with Gasteiger partial charge < -0.3 is 16.0 Å². The summed E-state index contributed by atoms with van der Waals surface area (Å²) in [5.41, 5.74) is 3.76. The lowest BCUT2D eigenvalue weighted by Crippen LogP contribution is -2.55. The molecule has 208 valence electrons. The molecule has 4 aliphatic rings. The Morgan fingerprint density at radius 2 is 1.67 bits per heavy atom. The van der Waals surface area contributed by atoms with Gasteiger partial charge in [0.05, 0.1) is 0 Å². The van der Waals surface area contributed by atoms with Crippen LogP contribution in [0.4, 0.5) is 0 Å². The SMILES string of the molecule is CCNC(=O)CC[C@H]1CCC2C3CCC4CC(NCCNCCCCNN)CCC4(C)C3CCC21C. The molecule has 7 unspecified atom stereocenters. The molecule has 0 bridgehead atoms. The average Bonchev–Trinajstić information content (AvgIpc) is 3.21. The van der Waals surface area contributed by atoms with Crippen LogP contribution in [0.25, 0.3) is 0 Å². The highest BCUT2D eigenvalue weighted by Crippen LogP contribution is 2.67. The van der Waals surface area contributed by atoms with Gasteiger partial charge in [-0.15, -0.1) is 0 Å². The lowest BCUT2D eigenvalue weighted by molar-refractivity contribution is -0.123. The molecule has 0 heterocycles. The zero-order chi connectivity index (χ0) is 25.6. The van der Waals surface area contributed by atoms with Gasteiger partial charge in [0.25, 0.3) is 0 Å². The maximum atomic E-state index is 12.1. The smallest absolute Gasteiger partial charge is 0.219 e. The van der Waals surface area contributed by atoms with Crippen molar-refractivity contribution in [3.05, 3.63) is 0 Å². The quantitative estimate of drug-likeness (QED) is 0.146. The van der Waals surface area contributed by atoms with Crippen LogP contribution in [0, 0.1) is 40.4 Å². The predicted molar refractivity (Wildman–Crippen MR) is 149 cm³/mol. The largest absolute Gasteiger partial charge is 0.356 e. The number of carbonyl (C=O) groups is 1. The van der Waals surface area contributed by atoms with Crippen molar-refractivity contribution in [1.29, 1.82) is 0 Å². The molecule has 6 N–H and O–H groups in total. The van der Waals surface area contributed by atoms with Crippen molar-refractivity contribution in [3.63, 3.8) is 0 Å². The highest BCUT2D eigenvalue weighted by atomic mass is 16.1. The number of hydrogen-bond donors (Lipinski definition) is 5. The Balaban J connectivity index is 1.25. The molecule has 0 saturated heterocycles. The van der Waals surface area contributed by atoms with Crippen LogP contribution in [0.15, 0.2) is 0 Å². The molecule has 6 heteroatoms. The van der Waals surface area contributed by atoms with Crippen LogP contribution in [-0.2, 0) is 4.79 Å². The van der Waals surface area contributed by atoms with E-state index in [1.807, 2.05) is 6.92 Å². The van der Waals surface area contributed by atoms with E-state index in [1.165, 1.54) is 64.2 Å². The van der Waals surface area contributed by atoms with Gasteiger partial charge in [0, 0.05) is 38.6 Å². The Morgan fingerprint density at radius 3 is 2.47 bits per heavy atom. The van der Waals surface area contributed by atoms with Crippen LogP contribution in [-0.4, -0.2) is 44.7 Å². The number of hydrazine groups is 1. The number of rotatable bonds is 13. The second-order valence-electron chi connectivity index (χ2n) is 13.3. The van der Waals surface area contributed by atoms with Crippen LogP contribution < -0.4 is 27.2 Å². The molecule has 0 aliphatic heterocycles. The Morgan fingerprint density at radius 1 is 0.889 bits per heavy atom. The molecule has 8 atom stereocenters. The van der Waals surface area contributed by atoms with Gasteiger partial charge in [-0.05, 0) is 131 Å². The minimum absolute atomic E-state index is 0.257. The van der Waals surface area contributed by atoms with E-state index in [0.29, 0.717) is 16.9 Å². The van der Waals surface area contributed by atoms with E-state index < -0.39 is 0 Å². The molecular weight excluding hydrogens is 446 g/mol. The zero-order valence-electron chi connectivity index (χ0n) is 23.7. The summed E-state index contributed by atoms with van der Waals surface area (Å²) in [5.74, 6) is 10.0. The molecule has 36 heavy (non-hydrogen) atoms. The lowest BCUT2D eigenvalue weighted by Gasteiger charge is -2.61. The fourth-order valence-electron chi connectivity index (χ4n) is 9.58. The van der Waals surface area contributed by atoms with E-state index in [9.17, 15) is 4.79 Å². The Hall–Kier alpha value is -0.690. The molecule has 0 radical (unpaired) electrons. The molecule has 0 aromatic heterocycles. The van der Waals surface area contributed by atoms with E-state index in [2.05, 4.69) is 35.2 Å². The third-order valence-corrected chi connectivity index (χ3v) is 11.6. The van der Waals surface area contributed by atoms with Gasteiger partial charge in [-0.2, -0.15) is 0 Å². The van der Waals surface area contributed by atoms with Gasteiger partial charge in [-0.25, -0.2) is 0 Å². The molecule has 1 amide bonds. The normalized spacial score (nSPS) is 39.8. The summed E-state index contributed by atoms with van der Waals surface area (Å²) < 4.78 is 0. The number of fused-ring (bicyclic) bond motifs is 5. The standard InChI is InChI=1S/C30H57N5O/c1-4-33-28(36)12-9-22-8-11-26-25-10-7-23-21-24(34-20-19-32-17-5-6-18-35-31)13-15-30(23,3)27(25)14-16-29(22,26)2/h22-27,32,34-35H,4-21,31H2,1-3H3,(H,33,36)/t22-,23?,24?,25?,26?,27?,29?,30?/m1/s1. The summed E-state index contributed by atoms with van der Waals surface area (Å²) in [5, 5.41) is 10.5. The second-order valence-corrected chi connectivity index (χ2v) is 13.3. The van der Waals surface area contributed by atoms with Gasteiger partial charge in [-0.1, -0.05) is 13.8 Å². The summed E-state index contributed by atoms with van der Waals surface area (Å²) in [6, 6.07) is 0.710. The number of unbranched alkanes of at least 4 members (excludes halogenated alkanes) is 1. The van der Waals surface area contributed by atoms with E-state index in [-0.39, 0.29) is 5.91 Å². The van der Waals surface area contributed by atoms with E-state index in [0.717, 1.165) is 81.6 Å². The van der Waals surface area contributed by atoms with Gasteiger partial charge in [0.2, 0.25) is 5.91 Å². The van der Waals surface area contributed by atoms with Crippen molar-refractivity contribution in [1.82, 2.24) is 21.4 Å². The maximum Gasteiger partial charge on any atom is 0.219 e. The Bertz CT molecular complexity index is 703. The topological polar surface area (TPSA) is 91.2 Å². The number of carbonyl (C=O) groups excluding carboxylic acids is 1. The van der Waals surface area contributed by atoms with Gasteiger partial charge >= 0.3 is 0 Å². The van der Waals surface area contributed by atoms with Crippen LogP contribution in [0.2, 0.25) is 0 Å². The van der Waals surface area contributed by atoms with Gasteiger partial charge in [0.15, 0.2) is 0 Å².